The van der Waals surface area contributed by atoms with E-state index in [-0.39, 0.29) is 11.4 Å². The second-order valence-electron chi connectivity index (χ2n) is 4.33. The third-order valence-corrected chi connectivity index (χ3v) is 4.20. The molecule has 0 aliphatic rings. The SMILES string of the molecule is COC(=O)/C=C/c1cccc(S(=O)(=O)NCc2ccco2)c1. The van der Waals surface area contributed by atoms with Gasteiger partial charge in [-0.3, -0.25) is 0 Å². The average molecular weight is 321 g/mol. The fraction of sp³-hybridized carbons (Fsp3) is 0.133. The van der Waals surface area contributed by atoms with Crippen LogP contribution in [-0.4, -0.2) is 21.5 Å². The lowest BCUT2D eigenvalue weighted by Crippen LogP contribution is -2.23. The Labute approximate surface area is 128 Å². The number of rotatable bonds is 6. The van der Waals surface area contributed by atoms with Gasteiger partial charge in [-0.2, -0.15) is 0 Å². The van der Waals surface area contributed by atoms with Gasteiger partial charge >= 0.3 is 5.97 Å². The maximum absolute atomic E-state index is 12.2. The molecule has 0 bridgehead atoms. The summed E-state index contributed by atoms with van der Waals surface area (Å²) in [5.41, 5.74) is 0.575. The number of benzene rings is 1. The van der Waals surface area contributed by atoms with E-state index in [9.17, 15) is 13.2 Å². The first-order chi connectivity index (χ1) is 10.5. The highest BCUT2D eigenvalue weighted by Gasteiger charge is 2.14. The summed E-state index contributed by atoms with van der Waals surface area (Å²) >= 11 is 0. The Kier molecular flexibility index (Phi) is 5.13. The highest BCUT2D eigenvalue weighted by Crippen LogP contribution is 2.13. The van der Waals surface area contributed by atoms with Gasteiger partial charge in [-0.15, -0.1) is 0 Å². The third-order valence-electron chi connectivity index (χ3n) is 2.80. The van der Waals surface area contributed by atoms with E-state index < -0.39 is 16.0 Å². The fourth-order valence-electron chi connectivity index (χ4n) is 1.68. The first-order valence-corrected chi connectivity index (χ1v) is 7.88. The number of ether oxygens (including phenoxy) is 1. The van der Waals surface area contributed by atoms with E-state index in [0.29, 0.717) is 11.3 Å². The lowest BCUT2D eigenvalue weighted by Gasteiger charge is -2.06. The second kappa shape index (κ2) is 7.06. The van der Waals surface area contributed by atoms with Crippen molar-refractivity contribution < 1.29 is 22.4 Å². The minimum absolute atomic E-state index is 0.0670. The van der Waals surface area contributed by atoms with Crippen molar-refractivity contribution in [1.29, 1.82) is 0 Å². The van der Waals surface area contributed by atoms with Gasteiger partial charge in [0.2, 0.25) is 10.0 Å². The minimum atomic E-state index is -3.66. The van der Waals surface area contributed by atoms with Crippen LogP contribution in [0.4, 0.5) is 0 Å². The van der Waals surface area contributed by atoms with Crippen LogP contribution in [0.2, 0.25) is 0 Å². The molecule has 0 amide bonds. The molecule has 1 aromatic heterocycles. The minimum Gasteiger partial charge on any atom is -0.468 e. The molecule has 0 spiro atoms. The van der Waals surface area contributed by atoms with Crippen molar-refractivity contribution in [3.8, 4) is 0 Å². The van der Waals surface area contributed by atoms with Crippen LogP contribution in [0.5, 0.6) is 0 Å². The molecule has 22 heavy (non-hydrogen) atoms. The van der Waals surface area contributed by atoms with Crippen LogP contribution in [0.1, 0.15) is 11.3 Å². The number of esters is 1. The van der Waals surface area contributed by atoms with Crippen molar-refractivity contribution in [2.24, 2.45) is 0 Å². The maximum atomic E-state index is 12.2. The molecule has 2 aromatic rings. The van der Waals surface area contributed by atoms with Gasteiger partial charge in [0.1, 0.15) is 5.76 Å². The maximum Gasteiger partial charge on any atom is 0.330 e. The van der Waals surface area contributed by atoms with Crippen molar-refractivity contribution in [2.45, 2.75) is 11.4 Å². The van der Waals surface area contributed by atoms with Gasteiger partial charge in [0, 0.05) is 6.08 Å². The lowest BCUT2D eigenvalue weighted by atomic mass is 10.2. The Morgan fingerprint density at radius 2 is 2.14 bits per heavy atom. The average Bonchev–Trinajstić information content (AvgIpc) is 3.04. The fourth-order valence-corrected chi connectivity index (χ4v) is 2.73. The van der Waals surface area contributed by atoms with Gasteiger partial charge in [0.15, 0.2) is 0 Å². The molecule has 7 heteroatoms. The molecule has 0 aliphatic heterocycles. The summed E-state index contributed by atoms with van der Waals surface area (Å²) in [7, 11) is -2.39. The number of carbonyl (C=O) groups excluding carboxylic acids is 1. The molecule has 0 unspecified atom stereocenters. The number of hydrogen-bond donors (Lipinski definition) is 1. The Bertz CT molecular complexity index is 763. The summed E-state index contributed by atoms with van der Waals surface area (Å²) in [6, 6.07) is 9.58. The molecule has 1 heterocycles. The third kappa shape index (κ3) is 4.31. The number of methoxy groups -OCH3 is 1. The van der Waals surface area contributed by atoms with E-state index >= 15 is 0 Å². The monoisotopic (exact) mass is 321 g/mol. The Balaban J connectivity index is 2.13. The second-order valence-corrected chi connectivity index (χ2v) is 6.10. The quantitative estimate of drug-likeness (QED) is 0.649. The molecule has 0 radical (unpaired) electrons. The van der Waals surface area contributed by atoms with Crippen LogP contribution < -0.4 is 4.72 Å². The Morgan fingerprint density at radius 1 is 1.32 bits per heavy atom. The van der Waals surface area contributed by atoms with Crippen LogP contribution in [0.15, 0.2) is 58.1 Å². The normalized spacial score (nSPS) is 11.7. The van der Waals surface area contributed by atoms with Gasteiger partial charge in [0.25, 0.3) is 0 Å². The van der Waals surface area contributed by atoms with Crippen LogP contribution in [0.3, 0.4) is 0 Å². The zero-order valence-electron chi connectivity index (χ0n) is 11.9. The van der Waals surface area contributed by atoms with Crippen molar-refractivity contribution in [2.75, 3.05) is 7.11 Å². The lowest BCUT2D eigenvalue weighted by molar-refractivity contribution is -0.134. The predicted octanol–water partition coefficient (Wildman–Crippen LogP) is 1.94. The highest BCUT2D eigenvalue weighted by atomic mass is 32.2. The Hall–Kier alpha value is -2.38. The van der Waals surface area contributed by atoms with E-state index in [0.717, 1.165) is 0 Å². The van der Waals surface area contributed by atoms with Crippen molar-refractivity contribution in [1.82, 2.24) is 4.72 Å². The summed E-state index contributed by atoms with van der Waals surface area (Å²) in [4.78, 5) is 11.2. The molecule has 6 nitrogen and oxygen atoms in total. The van der Waals surface area contributed by atoms with Gasteiger partial charge in [-0.1, -0.05) is 12.1 Å². The largest absolute Gasteiger partial charge is 0.468 e. The van der Waals surface area contributed by atoms with Crippen molar-refractivity contribution in [3.63, 3.8) is 0 Å². The molecule has 0 fully saturated rings. The number of nitrogens with one attached hydrogen (secondary N) is 1. The zero-order chi connectivity index (χ0) is 16.0. The molecule has 0 saturated heterocycles. The van der Waals surface area contributed by atoms with Crippen LogP contribution >= 0.6 is 0 Å². The molecular weight excluding hydrogens is 306 g/mol. The summed E-state index contributed by atoms with van der Waals surface area (Å²) in [6.45, 7) is 0.0670. The number of hydrogen-bond acceptors (Lipinski definition) is 5. The van der Waals surface area contributed by atoms with Crippen LogP contribution in [0, 0.1) is 0 Å². The van der Waals surface area contributed by atoms with E-state index in [2.05, 4.69) is 9.46 Å². The molecule has 1 aromatic carbocycles. The molecule has 116 valence electrons. The molecule has 1 N–H and O–H groups in total. The summed E-state index contributed by atoms with van der Waals surface area (Å²) in [5, 5.41) is 0. The summed E-state index contributed by atoms with van der Waals surface area (Å²) < 4.78 is 36.4. The van der Waals surface area contributed by atoms with Gasteiger partial charge in [-0.25, -0.2) is 17.9 Å². The van der Waals surface area contributed by atoms with Gasteiger partial charge < -0.3 is 9.15 Å². The smallest absolute Gasteiger partial charge is 0.330 e. The summed E-state index contributed by atoms with van der Waals surface area (Å²) in [5.74, 6) is 0.00882. The van der Waals surface area contributed by atoms with Gasteiger partial charge in [-0.05, 0) is 35.9 Å². The van der Waals surface area contributed by atoms with E-state index in [1.807, 2.05) is 0 Å². The van der Waals surface area contributed by atoms with Crippen molar-refractivity contribution in [3.05, 3.63) is 60.1 Å². The van der Waals surface area contributed by atoms with E-state index in [1.165, 1.54) is 37.7 Å². The molecule has 0 aliphatic carbocycles. The standard InChI is InChI=1S/C15H15NO5S/c1-20-15(17)8-7-12-4-2-6-14(10-12)22(18,19)16-11-13-5-3-9-21-13/h2-10,16H,11H2,1H3/b8-7+. The highest BCUT2D eigenvalue weighted by molar-refractivity contribution is 7.89. The van der Waals surface area contributed by atoms with Crippen molar-refractivity contribution >= 4 is 22.1 Å². The zero-order valence-corrected chi connectivity index (χ0v) is 12.7. The van der Waals surface area contributed by atoms with Gasteiger partial charge in [0.05, 0.1) is 24.8 Å². The first kappa shape index (κ1) is 16.0. The van der Waals surface area contributed by atoms with Crippen LogP contribution in [-0.2, 0) is 26.1 Å². The van der Waals surface area contributed by atoms with Crippen LogP contribution in [0.25, 0.3) is 6.08 Å². The number of sulfonamides is 1. The molecular formula is C15H15NO5S. The number of furan rings is 1. The topological polar surface area (TPSA) is 85.6 Å². The molecule has 0 saturated carbocycles. The van der Waals surface area contributed by atoms with E-state index in [4.69, 9.17) is 4.42 Å². The van der Waals surface area contributed by atoms with E-state index in [1.54, 1.807) is 24.3 Å². The summed E-state index contributed by atoms with van der Waals surface area (Å²) in [6.07, 6.45) is 4.18. The molecule has 2 rings (SSSR count). The Morgan fingerprint density at radius 3 is 2.82 bits per heavy atom. The first-order valence-electron chi connectivity index (χ1n) is 6.39. The number of carbonyl (C=O) groups is 1. The predicted molar refractivity (Wildman–Crippen MR) is 80.2 cm³/mol. The molecule has 0 atom stereocenters.